The number of benzene rings is 2. The zero-order valence-electron chi connectivity index (χ0n) is 12.4. The van der Waals surface area contributed by atoms with Gasteiger partial charge in [0.1, 0.15) is 11.6 Å². The van der Waals surface area contributed by atoms with E-state index in [0.29, 0.717) is 0 Å². The van der Waals surface area contributed by atoms with E-state index in [1.807, 2.05) is 6.07 Å². The van der Waals surface area contributed by atoms with Gasteiger partial charge in [0, 0.05) is 25.4 Å². The number of ether oxygens (including phenoxy) is 1. The van der Waals surface area contributed by atoms with Crippen LogP contribution in [0.1, 0.15) is 28.2 Å². The number of rotatable bonds is 1. The van der Waals surface area contributed by atoms with Gasteiger partial charge in [0.15, 0.2) is 0 Å². The van der Waals surface area contributed by atoms with Crippen LogP contribution >= 0.6 is 11.6 Å². The van der Waals surface area contributed by atoms with Gasteiger partial charge in [-0.15, -0.1) is 0 Å². The molecule has 0 radical (unpaired) electrons. The van der Waals surface area contributed by atoms with Crippen LogP contribution in [-0.4, -0.2) is 25.1 Å². The molecule has 22 heavy (non-hydrogen) atoms. The van der Waals surface area contributed by atoms with Gasteiger partial charge in [0.25, 0.3) is 0 Å². The maximum absolute atomic E-state index is 13.5. The van der Waals surface area contributed by atoms with Crippen LogP contribution in [0.25, 0.3) is 0 Å². The number of hydrogen-bond acceptors (Lipinski definition) is 2. The molecule has 2 nitrogen and oxygen atoms in total. The summed E-state index contributed by atoms with van der Waals surface area (Å²) in [6, 6.07) is 9.51. The van der Waals surface area contributed by atoms with Gasteiger partial charge in [0.05, 0.1) is 11.6 Å². The summed E-state index contributed by atoms with van der Waals surface area (Å²) in [5.41, 5.74) is 4.96. The zero-order chi connectivity index (χ0) is 15.3. The first-order valence-electron chi connectivity index (χ1n) is 7.54. The Morgan fingerprint density at radius 1 is 1.23 bits per heavy atom. The molecule has 1 atom stereocenters. The molecule has 2 aromatic carbocycles. The van der Waals surface area contributed by atoms with Crippen molar-refractivity contribution in [2.75, 3.05) is 20.2 Å². The first-order valence-corrected chi connectivity index (χ1v) is 7.91. The molecule has 2 aliphatic rings. The van der Waals surface area contributed by atoms with Gasteiger partial charge in [-0.05, 0) is 47.5 Å². The second-order valence-corrected chi connectivity index (χ2v) is 6.59. The molecule has 0 saturated heterocycles. The fourth-order valence-electron chi connectivity index (χ4n) is 3.53. The van der Waals surface area contributed by atoms with E-state index >= 15 is 0 Å². The second-order valence-electron chi connectivity index (χ2n) is 6.18. The summed E-state index contributed by atoms with van der Waals surface area (Å²) < 4.78 is 19.1. The van der Waals surface area contributed by atoms with Crippen molar-refractivity contribution >= 4 is 11.6 Å². The fourth-order valence-corrected chi connectivity index (χ4v) is 3.72. The Balaban J connectivity index is 1.82. The highest BCUT2D eigenvalue weighted by molar-refractivity contribution is 6.30. The molecule has 2 heterocycles. The Bertz CT molecular complexity index is 746. The molecule has 0 N–H and O–H groups in total. The highest BCUT2D eigenvalue weighted by atomic mass is 35.5. The molecule has 4 heteroatoms. The molecule has 0 bridgehead atoms. The van der Waals surface area contributed by atoms with Gasteiger partial charge < -0.3 is 9.64 Å². The lowest BCUT2D eigenvalue weighted by molar-refractivity contribution is 0.294. The van der Waals surface area contributed by atoms with Crippen LogP contribution < -0.4 is 4.74 Å². The Kier molecular flexibility index (Phi) is 3.35. The minimum absolute atomic E-state index is 0.191. The smallest absolute Gasteiger partial charge is 0.141 e. The van der Waals surface area contributed by atoms with E-state index in [2.05, 4.69) is 24.1 Å². The quantitative estimate of drug-likeness (QED) is 0.788. The normalized spacial score (nSPS) is 20.4. The van der Waals surface area contributed by atoms with Crippen LogP contribution in [0, 0.1) is 5.82 Å². The van der Waals surface area contributed by atoms with Crippen molar-refractivity contribution in [2.45, 2.75) is 18.9 Å². The van der Waals surface area contributed by atoms with E-state index in [4.69, 9.17) is 16.3 Å². The number of hydrogen-bond donors (Lipinski definition) is 0. The van der Waals surface area contributed by atoms with Gasteiger partial charge in [-0.25, -0.2) is 4.39 Å². The molecule has 2 aliphatic heterocycles. The molecular weight excluding hydrogens is 301 g/mol. The summed E-state index contributed by atoms with van der Waals surface area (Å²) in [4.78, 5) is 2.28. The molecule has 0 aliphatic carbocycles. The molecule has 0 saturated carbocycles. The lowest BCUT2D eigenvalue weighted by atomic mass is 9.83. The molecule has 2 aromatic rings. The summed E-state index contributed by atoms with van der Waals surface area (Å²) in [5, 5.41) is 0.191. The lowest BCUT2D eigenvalue weighted by Gasteiger charge is -2.33. The summed E-state index contributed by atoms with van der Waals surface area (Å²) in [5.74, 6) is 0.875. The molecule has 0 amide bonds. The van der Waals surface area contributed by atoms with Crippen molar-refractivity contribution < 1.29 is 9.13 Å². The Morgan fingerprint density at radius 3 is 2.91 bits per heavy atom. The predicted molar refractivity (Wildman–Crippen MR) is 85.2 cm³/mol. The first-order chi connectivity index (χ1) is 10.6. The van der Waals surface area contributed by atoms with Crippen molar-refractivity contribution in [1.82, 2.24) is 4.90 Å². The summed E-state index contributed by atoms with van der Waals surface area (Å²) >= 11 is 5.98. The monoisotopic (exact) mass is 317 g/mol. The van der Waals surface area contributed by atoms with Gasteiger partial charge in [-0.2, -0.15) is 0 Å². The highest BCUT2D eigenvalue weighted by Gasteiger charge is 2.28. The van der Waals surface area contributed by atoms with Crippen molar-refractivity contribution in [1.29, 1.82) is 0 Å². The van der Waals surface area contributed by atoms with Crippen LogP contribution in [0.4, 0.5) is 4.39 Å². The first kappa shape index (κ1) is 14.0. The number of halogens is 2. The maximum Gasteiger partial charge on any atom is 0.141 e. The van der Waals surface area contributed by atoms with Crippen LogP contribution in [0.15, 0.2) is 30.3 Å². The van der Waals surface area contributed by atoms with E-state index < -0.39 is 0 Å². The van der Waals surface area contributed by atoms with E-state index in [1.165, 1.54) is 22.8 Å². The van der Waals surface area contributed by atoms with Gasteiger partial charge in [-0.3, -0.25) is 0 Å². The van der Waals surface area contributed by atoms with Crippen LogP contribution in [0.5, 0.6) is 5.75 Å². The molecule has 0 spiro atoms. The SMILES string of the molecule is CN1Cc2cc3c(cc2C(c2ccc(F)c(Cl)c2)C1)CCO3. The Labute approximate surface area is 134 Å². The third-order valence-electron chi connectivity index (χ3n) is 4.61. The summed E-state index contributed by atoms with van der Waals surface area (Å²) in [6.07, 6.45) is 0.968. The second kappa shape index (κ2) is 5.25. The number of likely N-dealkylation sites (N-methyl/N-ethyl adjacent to an activating group) is 1. The van der Waals surface area contributed by atoms with Gasteiger partial charge in [0.2, 0.25) is 0 Å². The number of nitrogens with zero attached hydrogens (tertiary/aromatic N) is 1. The van der Waals surface area contributed by atoms with Gasteiger partial charge >= 0.3 is 0 Å². The summed E-state index contributed by atoms with van der Waals surface area (Å²) in [7, 11) is 2.11. The number of fused-ring (bicyclic) bond motifs is 2. The van der Waals surface area contributed by atoms with Crippen molar-refractivity contribution in [3.05, 3.63) is 63.4 Å². The molecule has 114 valence electrons. The fraction of sp³-hybridized carbons (Fsp3) is 0.333. The van der Waals surface area contributed by atoms with Crippen molar-refractivity contribution in [3.8, 4) is 5.75 Å². The van der Waals surface area contributed by atoms with Crippen LogP contribution in [0.2, 0.25) is 5.02 Å². The van der Waals surface area contributed by atoms with E-state index in [9.17, 15) is 4.39 Å². The third-order valence-corrected chi connectivity index (χ3v) is 4.90. The molecule has 1 unspecified atom stereocenters. The van der Waals surface area contributed by atoms with E-state index in [0.717, 1.165) is 37.4 Å². The molecule has 0 fully saturated rings. The average Bonchev–Trinajstić information content (AvgIpc) is 2.94. The minimum Gasteiger partial charge on any atom is -0.493 e. The zero-order valence-corrected chi connectivity index (χ0v) is 13.2. The van der Waals surface area contributed by atoms with Crippen molar-refractivity contribution in [3.63, 3.8) is 0 Å². The Morgan fingerprint density at radius 2 is 2.09 bits per heavy atom. The minimum atomic E-state index is -0.364. The highest BCUT2D eigenvalue weighted by Crippen LogP contribution is 2.39. The predicted octanol–water partition coefficient (Wildman–Crippen LogP) is 3.99. The maximum atomic E-state index is 13.5. The van der Waals surface area contributed by atoms with Gasteiger partial charge in [-0.1, -0.05) is 23.7 Å². The molecular formula is C18H17ClFNO. The Hall–Kier alpha value is -1.58. The lowest BCUT2D eigenvalue weighted by Crippen LogP contribution is -2.31. The van der Waals surface area contributed by atoms with Crippen LogP contribution in [0.3, 0.4) is 0 Å². The summed E-state index contributed by atoms with van der Waals surface area (Å²) in [6.45, 7) is 2.59. The average molecular weight is 318 g/mol. The molecule has 4 rings (SSSR count). The van der Waals surface area contributed by atoms with E-state index in [1.54, 1.807) is 6.07 Å². The topological polar surface area (TPSA) is 12.5 Å². The van der Waals surface area contributed by atoms with Crippen molar-refractivity contribution in [2.24, 2.45) is 0 Å². The van der Waals surface area contributed by atoms with Crippen LogP contribution in [-0.2, 0) is 13.0 Å². The standard InChI is InChI=1S/C18H17ClFNO/c1-21-9-13-8-18-12(4-5-22-18)6-14(13)15(10-21)11-2-3-17(20)16(19)7-11/h2-3,6-8,15H,4-5,9-10H2,1H3. The third kappa shape index (κ3) is 2.29. The van der Waals surface area contributed by atoms with E-state index in [-0.39, 0.29) is 16.8 Å². The molecule has 0 aromatic heterocycles. The largest absolute Gasteiger partial charge is 0.493 e.